The minimum atomic E-state index is -0.873. The number of nitrogens with one attached hydrogen (secondary N) is 1. The van der Waals surface area contributed by atoms with Gasteiger partial charge in [0.1, 0.15) is 6.04 Å². The molecule has 3 nitrogen and oxygen atoms in total. The summed E-state index contributed by atoms with van der Waals surface area (Å²) in [5, 5.41) is 12.6. The van der Waals surface area contributed by atoms with Crippen molar-refractivity contribution in [1.29, 1.82) is 0 Å². The Morgan fingerprint density at radius 3 is 2.62 bits per heavy atom. The monoisotopic (exact) mass is 305 g/mol. The van der Waals surface area contributed by atoms with Crippen molar-refractivity contribution < 1.29 is 9.90 Å². The van der Waals surface area contributed by atoms with Crippen molar-refractivity contribution in [1.82, 2.24) is 0 Å². The summed E-state index contributed by atoms with van der Waals surface area (Å²) in [6.45, 7) is 3.70. The molecular formula is C11H13BrClNO2. The van der Waals surface area contributed by atoms with Gasteiger partial charge >= 0.3 is 5.97 Å². The van der Waals surface area contributed by atoms with E-state index in [0.29, 0.717) is 10.7 Å². The van der Waals surface area contributed by atoms with Gasteiger partial charge < -0.3 is 10.4 Å². The number of rotatable bonds is 4. The van der Waals surface area contributed by atoms with Crippen LogP contribution in [0.2, 0.25) is 5.02 Å². The van der Waals surface area contributed by atoms with E-state index in [0.717, 1.165) is 4.47 Å². The molecule has 1 rings (SSSR count). The Morgan fingerprint density at radius 1 is 1.50 bits per heavy atom. The number of hydrogen-bond acceptors (Lipinski definition) is 2. The van der Waals surface area contributed by atoms with E-state index in [1.807, 2.05) is 13.8 Å². The predicted octanol–water partition coefficient (Wildman–Crippen LogP) is 3.62. The second-order valence-electron chi connectivity index (χ2n) is 3.83. The van der Waals surface area contributed by atoms with Crippen molar-refractivity contribution in [3.8, 4) is 0 Å². The molecule has 0 spiro atoms. The molecule has 1 atom stereocenters. The van der Waals surface area contributed by atoms with E-state index in [9.17, 15) is 4.79 Å². The molecule has 0 amide bonds. The maximum atomic E-state index is 11.0. The molecule has 2 N–H and O–H groups in total. The molecule has 0 radical (unpaired) electrons. The van der Waals surface area contributed by atoms with Gasteiger partial charge in [-0.15, -0.1) is 0 Å². The maximum absolute atomic E-state index is 11.0. The molecule has 0 heterocycles. The first-order valence-corrected chi connectivity index (χ1v) is 6.03. The summed E-state index contributed by atoms with van der Waals surface area (Å²) < 4.78 is 0.795. The van der Waals surface area contributed by atoms with Gasteiger partial charge in [0.15, 0.2) is 0 Å². The Balaban J connectivity index is 2.93. The molecule has 1 unspecified atom stereocenters. The third-order valence-corrected chi connectivity index (χ3v) is 3.10. The van der Waals surface area contributed by atoms with Crippen LogP contribution in [0.4, 0.5) is 5.69 Å². The highest BCUT2D eigenvalue weighted by molar-refractivity contribution is 9.10. The van der Waals surface area contributed by atoms with Crippen molar-refractivity contribution in [2.75, 3.05) is 5.32 Å². The lowest BCUT2D eigenvalue weighted by Crippen LogP contribution is -2.34. The molecule has 0 saturated heterocycles. The zero-order chi connectivity index (χ0) is 12.3. The molecule has 88 valence electrons. The van der Waals surface area contributed by atoms with Crippen LogP contribution in [0, 0.1) is 5.92 Å². The van der Waals surface area contributed by atoms with E-state index in [2.05, 4.69) is 21.2 Å². The number of benzene rings is 1. The van der Waals surface area contributed by atoms with Gasteiger partial charge in [-0.05, 0) is 40.0 Å². The summed E-state index contributed by atoms with van der Waals surface area (Å²) in [4.78, 5) is 11.0. The van der Waals surface area contributed by atoms with Gasteiger partial charge in [-0.3, -0.25) is 0 Å². The summed E-state index contributed by atoms with van der Waals surface area (Å²) >= 11 is 9.19. The summed E-state index contributed by atoms with van der Waals surface area (Å²) in [7, 11) is 0. The topological polar surface area (TPSA) is 49.3 Å². The van der Waals surface area contributed by atoms with Gasteiger partial charge in [-0.1, -0.05) is 25.4 Å². The summed E-state index contributed by atoms with van der Waals surface area (Å²) in [5.41, 5.74) is 0.689. The van der Waals surface area contributed by atoms with Gasteiger partial charge in [0.2, 0.25) is 0 Å². The smallest absolute Gasteiger partial charge is 0.326 e. The van der Waals surface area contributed by atoms with Crippen molar-refractivity contribution in [2.24, 2.45) is 5.92 Å². The second kappa shape index (κ2) is 5.55. The van der Waals surface area contributed by atoms with Crippen LogP contribution in [0.25, 0.3) is 0 Å². The molecule has 0 saturated carbocycles. The Kier molecular flexibility index (Phi) is 4.62. The highest BCUT2D eigenvalue weighted by Gasteiger charge is 2.21. The standard InChI is InChI=1S/C11H13BrClNO2/c1-6(2)10(11(15)16)14-9-5-7(13)3-4-8(9)12/h3-6,10,14H,1-2H3,(H,15,16). The fourth-order valence-electron chi connectivity index (χ4n) is 1.29. The average molecular weight is 307 g/mol. The average Bonchev–Trinajstić information content (AvgIpc) is 2.18. The molecule has 0 aliphatic carbocycles. The van der Waals surface area contributed by atoms with Crippen molar-refractivity contribution in [3.05, 3.63) is 27.7 Å². The zero-order valence-electron chi connectivity index (χ0n) is 9.00. The first-order valence-electron chi connectivity index (χ1n) is 4.86. The molecular weight excluding hydrogens is 293 g/mol. The molecule has 5 heteroatoms. The van der Waals surface area contributed by atoms with Gasteiger partial charge in [0, 0.05) is 9.50 Å². The first-order chi connectivity index (χ1) is 7.41. The SMILES string of the molecule is CC(C)C(Nc1cc(Cl)ccc1Br)C(=O)O. The lowest BCUT2D eigenvalue weighted by atomic mass is 10.0. The van der Waals surface area contributed by atoms with E-state index in [4.69, 9.17) is 16.7 Å². The van der Waals surface area contributed by atoms with Crippen LogP contribution in [0.1, 0.15) is 13.8 Å². The van der Waals surface area contributed by atoms with Gasteiger partial charge in [0.25, 0.3) is 0 Å². The number of hydrogen-bond donors (Lipinski definition) is 2. The van der Waals surface area contributed by atoms with Crippen molar-refractivity contribution in [3.63, 3.8) is 0 Å². The number of aliphatic carboxylic acids is 1. The fourth-order valence-corrected chi connectivity index (χ4v) is 1.82. The molecule has 0 bridgehead atoms. The highest BCUT2D eigenvalue weighted by Crippen LogP contribution is 2.27. The number of anilines is 1. The predicted molar refractivity (Wildman–Crippen MR) is 69.0 cm³/mol. The fraction of sp³-hybridized carbons (Fsp3) is 0.364. The van der Waals surface area contributed by atoms with Crippen LogP contribution in [-0.2, 0) is 4.79 Å². The largest absolute Gasteiger partial charge is 0.480 e. The minimum Gasteiger partial charge on any atom is -0.480 e. The van der Waals surface area contributed by atoms with Crippen LogP contribution < -0.4 is 5.32 Å². The lowest BCUT2D eigenvalue weighted by molar-refractivity contribution is -0.138. The Labute approximate surface area is 108 Å². The first kappa shape index (κ1) is 13.3. The number of carboxylic acids is 1. The summed E-state index contributed by atoms with van der Waals surface area (Å²) in [6, 6.07) is 4.59. The lowest BCUT2D eigenvalue weighted by Gasteiger charge is -2.20. The maximum Gasteiger partial charge on any atom is 0.326 e. The van der Waals surface area contributed by atoms with Crippen molar-refractivity contribution in [2.45, 2.75) is 19.9 Å². The summed E-state index contributed by atoms with van der Waals surface area (Å²) in [5.74, 6) is -0.884. The van der Waals surface area contributed by atoms with Crippen LogP contribution in [0.15, 0.2) is 22.7 Å². The molecule has 0 aliphatic heterocycles. The van der Waals surface area contributed by atoms with Crippen LogP contribution >= 0.6 is 27.5 Å². The van der Waals surface area contributed by atoms with Crippen LogP contribution in [0.3, 0.4) is 0 Å². The van der Waals surface area contributed by atoms with E-state index in [-0.39, 0.29) is 5.92 Å². The van der Waals surface area contributed by atoms with E-state index in [1.165, 1.54) is 0 Å². The molecule has 0 aliphatic rings. The quantitative estimate of drug-likeness (QED) is 0.893. The van der Waals surface area contributed by atoms with E-state index >= 15 is 0 Å². The van der Waals surface area contributed by atoms with Gasteiger partial charge in [0.05, 0.1) is 5.69 Å². The molecule has 16 heavy (non-hydrogen) atoms. The third kappa shape index (κ3) is 3.39. The Hall–Kier alpha value is -0.740. The van der Waals surface area contributed by atoms with Crippen LogP contribution in [-0.4, -0.2) is 17.1 Å². The molecule has 0 fully saturated rings. The number of carboxylic acid groups (broad SMARTS) is 1. The normalized spacial score (nSPS) is 12.6. The van der Waals surface area contributed by atoms with Crippen molar-refractivity contribution >= 4 is 39.2 Å². The van der Waals surface area contributed by atoms with Gasteiger partial charge in [-0.2, -0.15) is 0 Å². The molecule has 1 aromatic carbocycles. The van der Waals surface area contributed by atoms with E-state index in [1.54, 1.807) is 18.2 Å². The Bertz CT molecular complexity index is 396. The molecule has 1 aromatic rings. The summed E-state index contributed by atoms with van der Waals surface area (Å²) in [6.07, 6.45) is 0. The number of carbonyl (C=O) groups is 1. The Morgan fingerprint density at radius 2 is 2.12 bits per heavy atom. The third-order valence-electron chi connectivity index (χ3n) is 2.17. The molecule has 0 aromatic heterocycles. The second-order valence-corrected chi connectivity index (χ2v) is 5.12. The van der Waals surface area contributed by atoms with E-state index < -0.39 is 12.0 Å². The number of halogens is 2. The highest BCUT2D eigenvalue weighted by atomic mass is 79.9. The van der Waals surface area contributed by atoms with Crippen LogP contribution in [0.5, 0.6) is 0 Å². The zero-order valence-corrected chi connectivity index (χ0v) is 11.3. The van der Waals surface area contributed by atoms with Gasteiger partial charge in [-0.25, -0.2) is 4.79 Å². The minimum absolute atomic E-state index is 0.0108.